The van der Waals surface area contributed by atoms with E-state index in [4.69, 9.17) is 0 Å². The van der Waals surface area contributed by atoms with Gasteiger partial charge in [-0.15, -0.1) is 0 Å². The molecule has 1 N–H and O–H groups in total. The standard InChI is InChI=1S/C18H37N/c1-3-5-7-8-9-10-11-12-15-18(14-6-4-2)16-13-17-19-18/h19H,3-17H2,1-2H3. The summed E-state index contributed by atoms with van der Waals surface area (Å²) in [5.41, 5.74) is 0.540. The van der Waals surface area contributed by atoms with E-state index in [1.807, 2.05) is 0 Å². The molecule has 0 saturated carbocycles. The lowest BCUT2D eigenvalue weighted by atomic mass is 9.85. The van der Waals surface area contributed by atoms with E-state index in [0.717, 1.165) is 0 Å². The average Bonchev–Trinajstić information content (AvgIpc) is 2.89. The Morgan fingerprint density at radius 1 is 0.737 bits per heavy atom. The minimum Gasteiger partial charge on any atom is -0.311 e. The number of nitrogens with one attached hydrogen (secondary N) is 1. The van der Waals surface area contributed by atoms with Gasteiger partial charge in [0, 0.05) is 5.54 Å². The van der Waals surface area contributed by atoms with Crippen molar-refractivity contribution >= 4 is 0 Å². The molecule has 0 aliphatic carbocycles. The molecule has 114 valence electrons. The average molecular weight is 268 g/mol. The molecule has 1 heteroatoms. The van der Waals surface area contributed by atoms with Crippen LogP contribution in [0.15, 0.2) is 0 Å². The van der Waals surface area contributed by atoms with Crippen LogP contribution in [-0.4, -0.2) is 12.1 Å². The van der Waals surface area contributed by atoms with Crippen LogP contribution in [0.3, 0.4) is 0 Å². The van der Waals surface area contributed by atoms with Gasteiger partial charge in [0.2, 0.25) is 0 Å². The number of hydrogen-bond acceptors (Lipinski definition) is 1. The Kier molecular flexibility index (Phi) is 9.59. The molecule has 0 spiro atoms. The van der Waals surface area contributed by atoms with E-state index in [9.17, 15) is 0 Å². The summed E-state index contributed by atoms with van der Waals surface area (Å²) >= 11 is 0. The van der Waals surface area contributed by atoms with Crippen LogP contribution < -0.4 is 5.32 Å². The summed E-state index contributed by atoms with van der Waals surface area (Å²) in [5.74, 6) is 0. The minimum atomic E-state index is 0.540. The molecule has 0 aromatic heterocycles. The summed E-state index contributed by atoms with van der Waals surface area (Å²) < 4.78 is 0. The van der Waals surface area contributed by atoms with Gasteiger partial charge in [0.15, 0.2) is 0 Å². The van der Waals surface area contributed by atoms with Gasteiger partial charge in [0.25, 0.3) is 0 Å². The Bertz CT molecular complexity index is 194. The zero-order valence-electron chi connectivity index (χ0n) is 13.6. The van der Waals surface area contributed by atoms with Crippen molar-refractivity contribution in [2.45, 2.75) is 109 Å². The highest BCUT2D eigenvalue weighted by atomic mass is 15.0. The van der Waals surface area contributed by atoms with E-state index in [2.05, 4.69) is 19.2 Å². The lowest BCUT2D eigenvalue weighted by molar-refractivity contribution is 0.302. The van der Waals surface area contributed by atoms with Crippen LogP contribution in [0.5, 0.6) is 0 Å². The van der Waals surface area contributed by atoms with E-state index < -0.39 is 0 Å². The zero-order valence-corrected chi connectivity index (χ0v) is 13.6. The van der Waals surface area contributed by atoms with Gasteiger partial charge in [-0.1, -0.05) is 78.1 Å². The van der Waals surface area contributed by atoms with Crippen LogP contribution in [0, 0.1) is 0 Å². The predicted molar refractivity (Wildman–Crippen MR) is 86.7 cm³/mol. The highest BCUT2D eigenvalue weighted by Crippen LogP contribution is 2.30. The maximum atomic E-state index is 3.82. The highest BCUT2D eigenvalue weighted by Gasteiger charge is 2.31. The summed E-state index contributed by atoms with van der Waals surface area (Å²) in [6.07, 6.45) is 20.0. The quantitative estimate of drug-likeness (QED) is 0.439. The van der Waals surface area contributed by atoms with Crippen molar-refractivity contribution < 1.29 is 0 Å². The lowest BCUT2D eigenvalue weighted by Gasteiger charge is -2.29. The number of rotatable bonds is 12. The molecule has 0 radical (unpaired) electrons. The van der Waals surface area contributed by atoms with Crippen molar-refractivity contribution in [2.24, 2.45) is 0 Å². The monoisotopic (exact) mass is 267 g/mol. The van der Waals surface area contributed by atoms with E-state index in [-0.39, 0.29) is 0 Å². The summed E-state index contributed by atoms with van der Waals surface area (Å²) in [6.45, 7) is 5.88. The summed E-state index contributed by atoms with van der Waals surface area (Å²) in [5, 5.41) is 3.82. The molecule has 1 aliphatic rings. The van der Waals surface area contributed by atoms with Gasteiger partial charge in [-0.2, -0.15) is 0 Å². The predicted octanol–water partition coefficient (Wildman–Crippen LogP) is 5.83. The largest absolute Gasteiger partial charge is 0.311 e. The SMILES string of the molecule is CCCCCCCCCCC1(CCCC)CCCN1. The van der Waals surface area contributed by atoms with Crippen LogP contribution in [-0.2, 0) is 0 Å². The molecule has 1 unspecified atom stereocenters. The number of hydrogen-bond donors (Lipinski definition) is 1. The first-order chi connectivity index (χ1) is 9.33. The van der Waals surface area contributed by atoms with Crippen molar-refractivity contribution in [3.05, 3.63) is 0 Å². The Balaban J connectivity index is 2.02. The van der Waals surface area contributed by atoms with E-state index in [1.54, 1.807) is 0 Å². The third-order valence-electron chi connectivity index (χ3n) is 4.85. The summed E-state index contributed by atoms with van der Waals surface area (Å²) in [7, 11) is 0. The molecule has 1 heterocycles. The van der Waals surface area contributed by atoms with Crippen molar-refractivity contribution in [1.29, 1.82) is 0 Å². The lowest BCUT2D eigenvalue weighted by Crippen LogP contribution is -2.39. The Morgan fingerprint density at radius 3 is 1.89 bits per heavy atom. The molecule has 1 saturated heterocycles. The van der Waals surface area contributed by atoms with Gasteiger partial charge in [0.1, 0.15) is 0 Å². The second-order valence-electron chi connectivity index (χ2n) is 6.64. The Morgan fingerprint density at radius 2 is 1.32 bits per heavy atom. The van der Waals surface area contributed by atoms with Gasteiger partial charge < -0.3 is 5.32 Å². The molecular weight excluding hydrogens is 230 g/mol. The topological polar surface area (TPSA) is 12.0 Å². The molecule has 1 nitrogen and oxygen atoms in total. The van der Waals surface area contributed by atoms with Crippen LogP contribution in [0.2, 0.25) is 0 Å². The van der Waals surface area contributed by atoms with Crippen LogP contribution in [0.4, 0.5) is 0 Å². The smallest absolute Gasteiger partial charge is 0.0182 e. The highest BCUT2D eigenvalue weighted by molar-refractivity contribution is 4.92. The minimum absolute atomic E-state index is 0.540. The van der Waals surface area contributed by atoms with Gasteiger partial charge in [-0.3, -0.25) is 0 Å². The molecule has 0 aromatic rings. The molecule has 0 aromatic carbocycles. The van der Waals surface area contributed by atoms with Crippen molar-refractivity contribution in [2.75, 3.05) is 6.54 Å². The first-order valence-corrected chi connectivity index (χ1v) is 9.08. The molecular formula is C18H37N. The first kappa shape index (κ1) is 17.0. The molecule has 1 rings (SSSR count). The Labute approximate surface area is 121 Å². The second-order valence-corrected chi connectivity index (χ2v) is 6.64. The fourth-order valence-corrected chi connectivity index (χ4v) is 3.53. The third kappa shape index (κ3) is 7.34. The van der Waals surface area contributed by atoms with E-state index in [0.29, 0.717) is 5.54 Å². The van der Waals surface area contributed by atoms with Crippen LogP contribution >= 0.6 is 0 Å². The summed E-state index contributed by atoms with van der Waals surface area (Å²) in [6, 6.07) is 0. The molecule has 1 aliphatic heterocycles. The molecule has 1 atom stereocenters. The van der Waals surface area contributed by atoms with Gasteiger partial charge >= 0.3 is 0 Å². The van der Waals surface area contributed by atoms with E-state index in [1.165, 1.54) is 96.4 Å². The van der Waals surface area contributed by atoms with Gasteiger partial charge in [0.05, 0.1) is 0 Å². The van der Waals surface area contributed by atoms with Crippen molar-refractivity contribution in [3.8, 4) is 0 Å². The van der Waals surface area contributed by atoms with Crippen LogP contribution in [0.1, 0.15) is 104 Å². The van der Waals surface area contributed by atoms with Crippen LogP contribution in [0.25, 0.3) is 0 Å². The van der Waals surface area contributed by atoms with E-state index >= 15 is 0 Å². The van der Waals surface area contributed by atoms with Gasteiger partial charge in [-0.05, 0) is 32.2 Å². The molecule has 19 heavy (non-hydrogen) atoms. The fraction of sp³-hybridized carbons (Fsp3) is 1.00. The van der Waals surface area contributed by atoms with Crippen molar-refractivity contribution in [1.82, 2.24) is 5.32 Å². The fourth-order valence-electron chi connectivity index (χ4n) is 3.53. The van der Waals surface area contributed by atoms with Crippen molar-refractivity contribution in [3.63, 3.8) is 0 Å². The summed E-state index contributed by atoms with van der Waals surface area (Å²) in [4.78, 5) is 0. The normalized spacial score (nSPS) is 23.1. The molecule has 0 amide bonds. The maximum absolute atomic E-state index is 3.82. The molecule has 0 bridgehead atoms. The second kappa shape index (κ2) is 10.7. The number of unbranched alkanes of at least 4 members (excludes halogenated alkanes) is 8. The third-order valence-corrected chi connectivity index (χ3v) is 4.85. The first-order valence-electron chi connectivity index (χ1n) is 9.08. The Hall–Kier alpha value is -0.0400. The zero-order chi connectivity index (χ0) is 13.8. The maximum Gasteiger partial charge on any atom is 0.0182 e. The van der Waals surface area contributed by atoms with Gasteiger partial charge in [-0.25, -0.2) is 0 Å². The molecule has 1 fully saturated rings.